The monoisotopic (exact) mass is 558 g/mol. The fraction of sp³-hybridized carbons (Fsp3) is 0.250. The van der Waals surface area contributed by atoms with Gasteiger partial charge in [0.1, 0.15) is 5.52 Å². The molecule has 0 spiro atoms. The smallest absolute Gasteiger partial charge is 0.181 e. The molecule has 0 saturated heterocycles. The maximum absolute atomic E-state index is 6.08. The molecule has 2 aromatic heterocycles. The summed E-state index contributed by atoms with van der Waals surface area (Å²) in [4.78, 5) is 9.72. The second-order valence-electron chi connectivity index (χ2n) is 13.4. The van der Waals surface area contributed by atoms with E-state index in [0.29, 0.717) is 0 Å². The number of benzene rings is 4. The van der Waals surface area contributed by atoms with Crippen molar-refractivity contribution in [1.82, 2.24) is 9.97 Å². The zero-order valence-corrected chi connectivity index (χ0v) is 24.2. The summed E-state index contributed by atoms with van der Waals surface area (Å²) in [5.41, 5.74) is 12.7. The van der Waals surface area contributed by atoms with E-state index in [1.165, 1.54) is 66.3 Å². The van der Waals surface area contributed by atoms with E-state index in [4.69, 9.17) is 9.40 Å². The molecular formula is C40H34N2O. The molecule has 6 aromatic rings. The van der Waals surface area contributed by atoms with Crippen molar-refractivity contribution in [3.8, 4) is 44.8 Å². The molecule has 0 unspecified atom stereocenters. The molecule has 3 heteroatoms. The van der Waals surface area contributed by atoms with Gasteiger partial charge in [-0.05, 0) is 108 Å². The molecular weight excluding hydrogens is 524 g/mol. The van der Waals surface area contributed by atoms with Crippen LogP contribution in [0.3, 0.4) is 0 Å². The molecule has 0 atom stereocenters. The molecule has 0 radical (unpaired) electrons. The second-order valence-corrected chi connectivity index (χ2v) is 13.4. The first kappa shape index (κ1) is 25.0. The summed E-state index contributed by atoms with van der Waals surface area (Å²) in [5.74, 6) is 2.65. The van der Waals surface area contributed by atoms with Crippen LogP contribution in [0.2, 0.25) is 0 Å². The van der Waals surface area contributed by atoms with Gasteiger partial charge < -0.3 is 4.42 Å². The van der Waals surface area contributed by atoms with Crippen molar-refractivity contribution >= 4 is 11.1 Å². The van der Waals surface area contributed by atoms with Gasteiger partial charge in [0.15, 0.2) is 12.0 Å². The van der Waals surface area contributed by atoms with E-state index < -0.39 is 0 Å². The molecule has 4 aliphatic rings. The van der Waals surface area contributed by atoms with Crippen LogP contribution in [0.1, 0.15) is 44.1 Å². The first-order valence-corrected chi connectivity index (χ1v) is 15.8. The molecule has 0 amide bonds. The van der Waals surface area contributed by atoms with Crippen LogP contribution in [0.4, 0.5) is 0 Å². The quantitative estimate of drug-likeness (QED) is 0.211. The van der Waals surface area contributed by atoms with E-state index in [0.717, 1.165) is 51.4 Å². The molecule has 0 aliphatic heterocycles. The van der Waals surface area contributed by atoms with Crippen molar-refractivity contribution in [2.24, 2.45) is 17.8 Å². The Kier molecular flexibility index (Phi) is 5.69. The number of rotatable bonds is 5. The molecule has 4 aliphatic carbocycles. The summed E-state index contributed by atoms with van der Waals surface area (Å²) in [5, 5.41) is 0. The lowest BCUT2D eigenvalue weighted by Gasteiger charge is -2.57. The molecule has 0 N–H and O–H groups in total. The van der Waals surface area contributed by atoms with Crippen molar-refractivity contribution in [2.75, 3.05) is 0 Å². The van der Waals surface area contributed by atoms with Crippen LogP contribution in [0.15, 0.2) is 120 Å². The highest BCUT2D eigenvalue weighted by Gasteiger charge is 2.52. The summed E-state index contributed by atoms with van der Waals surface area (Å²) >= 11 is 0. The fourth-order valence-electron chi connectivity index (χ4n) is 9.04. The van der Waals surface area contributed by atoms with Crippen LogP contribution in [-0.4, -0.2) is 9.97 Å². The topological polar surface area (TPSA) is 38.9 Å². The van der Waals surface area contributed by atoms with Crippen molar-refractivity contribution in [3.05, 3.63) is 121 Å². The minimum absolute atomic E-state index is 0.251. The van der Waals surface area contributed by atoms with Gasteiger partial charge >= 0.3 is 0 Å². The highest BCUT2D eigenvalue weighted by atomic mass is 16.3. The fourth-order valence-corrected chi connectivity index (χ4v) is 9.04. The number of fused-ring (bicyclic) bond motifs is 1. The van der Waals surface area contributed by atoms with Crippen LogP contribution >= 0.6 is 0 Å². The van der Waals surface area contributed by atoms with Gasteiger partial charge in [0, 0.05) is 16.7 Å². The second kappa shape index (κ2) is 9.77. The summed E-state index contributed by atoms with van der Waals surface area (Å²) in [6.07, 6.45) is 9.89. The van der Waals surface area contributed by atoms with Gasteiger partial charge in [-0.3, -0.25) is 0 Å². The van der Waals surface area contributed by atoms with E-state index in [1.807, 2.05) is 0 Å². The third-order valence-electron chi connectivity index (χ3n) is 10.6. The van der Waals surface area contributed by atoms with Crippen molar-refractivity contribution in [1.29, 1.82) is 0 Å². The van der Waals surface area contributed by atoms with Gasteiger partial charge in [-0.15, -0.1) is 0 Å². The Bertz CT molecular complexity index is 1850. The van der Waals surface area contributed by atoms with E-state index in [-0.39, 0.29) is 5.41 Å². The Balaban J connectivity index is 1.11. The normalized spacial score (nSPS) is 24.0. The number of hydrogen-bond donors (Lipinski definition) is 0. The molecule has 2 heterocycles. The van der Waals surface area contributed by atoms with Gasteiger partial charge in [0.2, 0.25) is 0 Å². The molecule has 10 rings (SSSR count). The summed E-state index contributed by atoms with van der Waals surface area (Å²) < 4.78 is 6.08. The standard InChI is InChI=1S/C40H34N2O/c1-3-7-31(8-4-1)36-19-34(20-37(42-36)32-9-5-2-6-10-32)30-13-11-29(12-14-30)33-18-35(39-38(21-33)41-25-43-39)40-22-26-15-27(23-40)17-28(16-26)24-40/h1-14,18-21,25-28H,15-17,22-24H2. The first-order valence-electron chi connectivity index (χ1n) is 15.8. The molecule has 4 fully saturated rings. The maximum atomic E-state index is 6.08. The van der Waals surface area contributed by atoms with E-state index >= 15 is 0 Å². The van der Waals surface area contributed by atoms with Crippen molar-refractivity contribution in [2.45, 2.75) is 43.9 Å². The summed E-state index contributed by atoms with van der Waals surface area (Å²) in [7, 11) is 0. The lowest BCUT2D eigenvalue weighted by atomic mass is 9.48. The van der Waals surface area contributed by atoms with E-state index in [1.54, 1.807) is 6.39 Å². The largest absolute Gasteiger partial charge is 0.443 e. The maximum Gasteiger partial charge on any atom is 0.181 e. The Hall–Kier alpha value is -4.50. The molecule has 4 bridgehead atoms. The first-order chi connectivity index (χ1) is 21.2. The van der Waals surface area contributed by atoms with Crippen molar-refractivity contribution in [3.63, 3.8) is 0 Å². The highest BCUT2D eigenvalue weighted by Crippen LogP contribution is 2.61. The highest BCUT2D eigenvalue weighted by molar-refractivity contribution is 5.85. The van der Waals surface area contributed by atoms with Crippen molar-refractivity contribution < 1.29 is 4.42 Å². The van der Waals surface area contributed by atoms with Crippen LogP contribution in [0.25, 0.3) is 55.9 Å². The Morgan fingerprint density at radius 1 is 0.535 bits per heavy atom. The molecule has 210 valence electrons. The molecule has 43 heavy (non-hydrogen) atoms. The van der Waals surface area contributed by atoms with Crippen LogP contribution < -0.4 is 0 Å². The predicted octanol–water partition coefficient (Wildman–Crippen LogP) is 10.4. The predicted molar refractivity (Wildman–Crippen MR) is 173 cm³/mol. The van der Waals surface area contributed by atoms with Crippen LogP contribution in [0, 0.1) is 17.8 Å². The lowest BCUT2D eigenvalue weighted by molar-refractivity contribution is -0.00486. The number of nitrogens with zero attached hydrogens (tertiary/aromatic N) is 2. The number of pyridine rings is 1. The minimum atomic E-state index is 0.251. The van der Waals surface area contributed by atoms with Crippen LogP contribution in [0.5, 0.6) is 0 Å². The van der Waals surface area contributed by atoms with Crippen LogP contribution in [-0.2, 0) is 5.41 Å². The average Bonchev–Trinajstić information content (AvgIpc) is 3.53. The number of aromatic nitrogens is 2. The van der Waals surface area contributed by atoms with Gasteiger partial charge in [0.25, 0.3) is 0 Å². The molecule has 4 aromatic carbocycles. The average molecular weight is 559 g/mol. The number of hydrogen-bond acceptors (Lipinski definition) is 3. The Morgan fingerprint density at radius 2 is 1.05 bits per heavy atom. The third kappa shape index (κ3) is 4.33. The minimum Gasteiger partial charge on any atom is -0.443 e. The van der Waals surface area contributed by atoms with Gasteiger partial charge in [0.05, 0.1) is 11.4 Å². The molecule has 3 nitrogen and oxygen atoms in total. The van der Waals surface area contributed by atoms with Gasteiger partial charge in [-0.2, -0.15) is 0 Å². The van der Waals surface area contributed by atoms with Gasteiger partial charge in [-0.25, -0.2) is 9.97 Å². The third-order valence-corrected chi connectivity index (χ3v) is 10.6. The van der Waals surface area contributed by atoms with E-state index in [2.05, 4.69) is 114 Å². The SMILES string of the molecule is c1ccc(-c2cc(-c3ccc(-c4cc(C56CC7CC(CC(C7)C5)C6)c5ocnc5c4)cc3)cc(-c3ccccc3)n2)cc1. The lowest BCUT2D eigenvalue weighted by Crippen LogP contribution is -2.48. The zero-order chi connectivity index (χ0) is 28.4. The molecule has 4 saturated carbocycles. The van der Waals surface area contributed by atoms with E-state index in [9.17, 15) is 0 Å². The number of oxazole rings is 1. The zero-order valence-electron chi connectivity index (χ0n) is 24.2. The Morgan fingerprint density at radius 3 is 1.58 bits per heavy atom. The summed E-state index contributed by atoms with van der Waals surface area (Å²) in [6.45, 7) is 0. The Labute approximate surface area is 252 Å². The summed E-state index contributed by atoms with van der Waals surface area (Å²) in [6, 6.07) is 39.0. The van der Waals surface area contributed by atoms with Gasteiger partial charge in [-0.1, -0.05) is 84.9 Å².